The summed E-state index contributed by atoms with van der Waals surface area (Å²) in [5.41, 5.74) is 1.00. The summed E-state index contributed by atoms with van der Waals surface area (Å²) in [5.74, 6) is 1.93. The Hall–Kier alpha value is -2.02. The molecule has 0 saturated carbocycles. The highest BCUT2D eigenvalue weighted by Crippen LogP contribution is 2.26. The van der Waals surface area contributed by atoms with Crippen LogP contribution in [0.25, 0.3) is 0 Å². The minimum absolute atomic E-state index is 0.0415. The van der Waals surface area contributed by atoms with Crippen LogP contribution < -0.4 is 10.1 Å². The fourth-order valence-electron chi connectivity index (χ4n) is 1.94. The molecule has 1 aromatic heterocycles. The number of carbonyl (C=O) groups excluding carboxylic acids is 1. The molecule has 0 unspecified atom stereocenters. The Balaban J connectivity index is 1.59. The highest BCUT2D eigenvalue weighted by molar-refractivity contribution is 7.99. The zero-order valence-electron chi connectivity index (χ0n) is 11.0. The second-order valence-corrected chi connectivity index (χ2v) is 5.47. The Morgan fingerprint density at radius 3 is 3.15 bits per heavy atom. The number of amides is 1. The molecular formula is C13H14N4O2S. The normalized spacial score (nSPS) is 13.1. The maximum Gasteiger partial charge on any atom is 0.264 e. The van der Waals surface area contributed by atoms with Gasteiger partial charge in [-0.15, -0.1) is 10.2 Å². The summed E-state index contributed by atoms with van der Waals surface area (Å²) in [6, 6.07) is 7.59. The highest BCUT2D eigenvalue weighted by Gasteiger charge is 2.19. The van der Waals surface area contributed by atoms with E-state index in [-0.39, 0.29) is 12.5 Å². The lowest BCUT2D eigenvalue weighted by Gasteiger charge is -2.09. The zero-order valence-corrected chi connectivity index (χ0v) is 11.8. The van der Waals surface area contributed by atoms with Crippen LogP contribution >= 0.6 is 11.8 Å². The summed E-state index contributed by atoms with van der Waals surface area (Å²) < 4.78 is 7.39. The summed E-state index contributed by atoms with van der Waals surface area (Å²) in [7, 11) is 0. The first-order valence-corrected chi connectivity index (χ1v) is 7.27. The number of carbonyl (C=O) groups is 1. The van der Waals surface area contributed by atoms with Gasteiger partial charge < -0.3 is 4.74 Å². The quantitative estimate of drug-likeness (QED) is 0.928. The number of anilines is 1. The average molecular weight is 290 g/mol. The van der Waals surface area contributed by atoms with Crippen molar-refractivity contribution in [3.05, 3.63) is 29.8 Å². The van der Waals surface area contributed by atoms with Crippen molar-refractivity contribution >= 4 is 23.6 Å². The van der Waals surface area contributed by atoms with Gasteiger partial charge in [-0.3, -0.25) is 14.7 Å². The van der Waals surface area contributed by atoms with Gasteiger partial charge in [0, 0.05) is 12.3 Å². The monoisotopic (exact) mass is 290 g/mol. The molecule has 104 valence electrons. The summed E-state index contributed by atoms with van der Waals surface area (Å²) in [4.78, 5) is 11.9. The van der Waals surface area contributed by atoms with Crippen LogP contribution in [0.2, 0.25) is 0 Å². The van der Waals surface area contributed by atoms with Gasteiger partial charge in [-0.05, 0) is 18.6 Å². The second-order valence-electron chi connectivity index (χ2n) is 4.41. The Morgan fingerprint density at radius 1 is 1.45 bits per heavy atom. The van der Waals surface area contributed by atoms with E-state index in [9.17, 15) is 4.79 Å². The maximum atomic E-state index is 11.9. The van der Waals surface area contributed by atoms with E-state index in [2.05, 4.69) is 15.5 Å². The number of aromatic nitrogens is 3. The van der Waals surface area contributed by atoms with Crippen molar-refractivity contribution in [1.82, 2.24) is 14.8 Å². The Labute approximate surface area is 120 Å². The van der Waals surface area contributed by atoms with Crippen LogP contribution in [0.5, 0.6) is 5.75 Å². The van der Waals surface area contributed by atoms with Crippen molar-refractivity contribution < 1.29 is 9.53 Å². The SMILES string of the molecule is Cc1ccccc1OCC(=O)Nc1nnc2n1CCS2. The molecule has 1 aromatic carbocycles. The number of benzene rings is 1. The fourth-order valence-corrected chi connectivity index (χ4v) is 2.83. The Morgan fingerprint density at radius 2 is 2.30 bits per heavy atom. The average Bonchev–Trinajstić information content (AvgIpc) is 3.03. The van der Waals surface area contributed by atoms with Crippen LogP contribution in [0, 0.1) is 6.92 Å². The van der Waals surface area contributed by atoms with Gasteiger partial charge >= 0.3 is 0 Å². The third kappa shape index (κ3) is 2.62. The highest BCUT2D eigenvalue weighted by atomic mass is 32.2. The molecule has 20 heavy (non-hydrogen) atoms. The van der Waals surface area contributed by atoms with E-state index in [0.29, 0.717) is 11.7 Å². The standard InChI is InChI=1S/C13H14N4O2S/c1-9-4-2-3-5-10(9)19-8-11(18)14-12-15-16-13-17(12)6-7-20-13/h2-5H,6-8H2,1H3,(H,14,15,18). The van der Waals surface area contributed by atoms with Crippen molar-refractivity contribution in [3.63, 3.8) is 0 Å². The van der Waals surface area contributed by atoms with Gasteiger partial charge in [-0.1, -0.05) is 30.0 Å². The summed E-state index contributed by atoms with van der Waals surface area (Å²) in [6.45, 7) is 2.72. The summed E-state index contributed by atoms with van der Waals surface area (Å²) in [6.07, 6.45) is 0. The molecule has 0 spiro atoms. The first-order chi connectivity index (χ1) is 9.74. The third-order valence-electron chi connectivity index (χ3n) is 2.97. The number of nitrogens with zero attached hydrogens (tertiary/aromatic N) is 3. The Bertz CT molecular complexity index is 641. The van der Waals surface area contributed by atoms with Gasteiger partial charge in [0.15, 0.2) is 11.8 Å². The van der Waals surface area contributed by atoms with E-state index in [1.165, 1.54) is 0 Å². The molecule has 0 radical (unpaired) electrons. The fraction of sp³-hybridized carbons (Fsp3) is 0.308. The molecule has 7 heteroatoms. The van der Waals surface area contributed by atoms with E-state index >= 15 is 0 Å². The van der Waals surface area contributed by atoms with Gasteiger partial charge in [-0.2, -0.15) is 0 Å². The smallest absolute Gasteiger partial charge is 0.264 e. The number of hydrogen-bond donors (Lipinski definition) is 1. The molecule has 1 aliphatic rings. The minimum Gasteiger partial charge on any atom is -0.483 e. The van der Waals surface area contributed by atoms with Crippen LogP contribution in [0.4, 0.5) is 5.95 Å². The molecule has 0 fully saturated rings. The molecule has 0 saturated heterocycles. The number of rotatable bonds is 4. The van der Waals surface area contributed by atoms with Crippen LogP contribution in [-0.4, -0.2) is 33.0 Å². The zero-order chi connectivity index (χ0) is 13.9. The number of nitrogens with one attached hydrogen (secondary N) is 1. The maximum absolute atomic E-state index is 11.9. The first kappa shape index (κ1) is 13.0. The molecule has 1 N–H and O–H groups in total. The molecule has 0 aliphatic carbocycles. The number of para-hydroxylation sites is 1. The van der Waals surface area contributed by atoms with E-state index in [0.717, 1.165) is 23.0 Å². The molecule has 2 aromatic rings. The van der Waals surface area contributed by atoms with Crippen LogP contribution in [0.15, 0.2) is 29.4 Å². The third-order valence-corrected chi connectivity index (χ3v) is 3.91. The van der Waals surface area contributed by atoms with Crippen molar-refractivity contribution in [3.8, 4) is 5.75 Å². The number of ether oxygens (including phenoxy) is 1. The lowest BCUT2D eigenvalue weighted by Crippen LogP contribution is -2.22. The van der Waals surface area contributed by atoms with Gasteiger partial charge in [0.2, 0.25) is 5.95 Å². The predicted octanol–water partition coefficient (Wildman–Crippen LogP) is 1.71. The van der Waals surface area contributed by atoms with Crippen molar-refractivity contribution in [2.75, 3.05) is 17.7 Å². The van der Waals surface area contributed by atoms with E-state index < -0.39 is 0 Å². The molecule has 1 aliphatic heterocycles. The van der Waals surface area contributed by atoms with Gasteiger partial charge in [0.1, 0.15) is 5.75 Å². The summed E-state index contributed by atoms with van der Waals surface area (Å²) in [5, 5.41) is 11.5. The van der Waals surface area contributed by atoms with E-state index in [1.807, 2.05) is 35.8 Å². The molecular weight excluding hydrogens is 276 g/mol. The van der Waals surface area contributed by atoms with Gasteiger partial charge in [0.25, 0.3) is 5.91 Å². The van der Waals surface area contributed by atoms with Crippen LogP contribution in [0.3, 0.4) is 0 Å². The Kier molecular flexibility index (Phi) is 3.60. The second kappa shape index (κ2) is 5.54. The lowest BCUT2D eigenvalue weighted by molar-refractivity contribution is -0.118. The molecule has 0 atom stereocenters. The predicted molar refractivity (Wildman–Crippen MR) is 76.0 cm³/mol. The lowest BCUT2D eigenvalue weighted by atomic mass is 10.2. The molecule has 0 bridgehead atoms. The van der Waals surface area contributed by atoms with Crippen LogP contribution in [-0.2, 0) is 11.3 Å². The number of thioether (sulfide) groups is 1. The van der Waals surface area contributed by atoms with Gasteiger partial charge in [0.05, 0.1) is 0 Å². The molecule has 1 amide bonds. The minimum atomic E-state index is -0.236. The number of fused-ring (bicyclic) bond motifs is 1. The van der Waals surface area contributed by atoms with Crippen molar-refractivity contribution in [1.29, 1.82) is 0 Å². The van der Waals surface area contributed by atoms with Crippen LogP contribution in [0.1, 0.15) is 5.56 Å². The van der Waals surface area contributed by atoms with Crippen molar-refractivity contribution in [2.45, 2.75) is 18.6 Å². The van der Waals surface area contributed by atoms with Crippen molar-refractivity contribution in [2.24, 2.45) is 0 Å². The van der Waals surface area contributed by atoms with E-state index in [4.69, 9.17) is 4.74 Å². The topological polar surface area (TPSA) is 69.0 Å². The summed E-state index contributed by atoms with van der Waals surface area (Å²) >= 11 is 1.63. The number of aryl methyl sites for hydroxylation is 1. The number of hydrogen-bond acceptors (Lipinski definition) is 5. The van der Waals surface area contributed by atoms with Gasteiger partial charge in [-0.25, -0.2) is 0 Å². The molecule has 6 nitrogen and oxygen atoms in total. The van der Waals surface area contributed by atoms with E-state index in [1.54, 1.807) is 11.8 Å². The molecule has 2 heterocycles. The molecule has 3 rings (SSSR count). The largest absolute Gasteiger partial charge is 0.483 e. The first-order valence-electron chi connectivity index (χ1n) is 6.28.